The van der Waals surface area contributed by atoms with Crippen LogP contribution in [0.5, 0.6) is 5.75 Å². The van der Waals surface area contributed by atoms with Crippen LogP contribution in [0.1, 0.15) is 17.7 Å². The molecule has 3 amide bonds. The zero-order chi connectivity index (χ0) is 24.8. The summed E-state index contributed by atoms with van der Waals surface area (Å²) in [4.78, 5) is 38.7. The Hall–Kier alpha value is -4.05. The normalized spacial score (nSPS) is 15.1. The van der Waals surface area contributed by atoms with Gasteiger partial charge in [-0.15, -0.1) is 0 Å². The van der Waals surface area contributed by atoms with Crippen LogP contribution in [0.2, 0.25) is 0 Å². The third-order valence-electron chi connectivity index (χ3n) is 5.80. The molecule has 10 nitrogen and oxygen atoms in total. The van der Waals surface area contributed by atoms with Gasteiger partial charge in [-0.25, -0.2) is 9.78 Å². The second kappa shape index (κ2) is 10.9. The molecule has 1 saturated heterocycles. The molecule has 1 fully saturated rings. The monoisotopic (exact) mass is 475 g/mol. The fourth-order valence-corrected chi connectivity index (χ4v) is 3.89. The number of anilines is 2. The van der Waals surface area contributed by atoms with Crippen LogP contribution in [-0.2, 0) is 4.79 Å². The van der Waals surface area contributed by atoms with Crippen LogP contribution in [0.3, 0.4) is 0 Å². The lowest BCUT2D eigenvalue weighted by Crippen LogP contribution is -2.34. The van der Waals surface area contributed by atoms with Crippen LogP contribution in [0.15, 0.2) is 48.9 Å². The van der Waals surface area contributed by atoms with Crippen molar-refractivity contribution in [3.05, 3.63) is 60.2 Å². The van der Waals surface area contributed by atoms with E-state index in [2.05, 4.69) is 25.6 Å². The fraction of sp³-hybridized carbons (Fsp3) is 0.320. The summed E-state index contributed by atoms with van der Waals surface area (Å²) in [5.41, 5.74) is 9.34. The molecule has 1 aliphatic rings. The molecule has 0 bridgehead atoms. The standard InChI is InChI=1S/C25H29N7O3/c1-16-9-19(4-6-22(16)35-15-18-7-8-32(14-18)24(33)10-26)21-12-27-13-23(30-21)31-25(34)29-20-5-3-17(2)28-11-20/h3-6,9,11-13,18H,7-8,10,14-15,26H2,1-2H3,(H2,29,30,31,34). The first-order valence-electron chi connectivity index (χ1n) is 11.5. The molecule has 1 atom stereocenters. The fourth-order valence-electron chi connectivity index (χ4n) is 3.89. The zero-order valence-electron chi connectivity index (χ0n) is 19.8. The largest absolute Gasteiger partial charge is 0.493 e. The first-order chi connectivity index (χ1) is 16.9. The van der Waals surface area contributed by atoms with Gasteiger partial charge in [0.25, 0.3) is 0 Å². The number of carbonyl (C=O) groups is 2. The van der Waals surface area contributed by atoms with E-state index in [-0.39, 0.29) is 12.5 Å². The van der Waals surface area contributed by atoms with E-state index in [0.29, 0.717) is 36.3 Å². The Bertz CT molecular complexity index is 1200. The predicted molar refractivity (Wildman–Crippen MR) is 133 cm³/mol. The summed E-state index contributed by atoms with van der Waals surface area (Å²) in [5, 5.41) is 5.41. The smallest absolute Gasteiger partial charge is 0.324 e. The van der Waals surface area contributed by atoms with Gasteiger partial charge in [0.1, 0.15) is 5.75 Å². The van der Waals surface area contributed by atoms with Gasteiger partial charge < -0.3 is 20.7 Å². The number of nitrogens with one attached hydrogen (secondary N) is 2. The van der Waals surface area contributed by atoms with Crippen molar-refractivity contribution in [3.63, 3.8) is 0 Å². The molecule has 10 heteroatoms. The minimum absolute atomic E-state index is 0.0181. The SMILES string of the molecule is Cc1ccc(NC(=O)Nc2cncc(-c3ccc(OCC4CCN(C(=O)CN)C4)c(C)c3)n2)cn1. The maximum atomic E-state index is 12.3. The highest BCUT2D eigenvalue weighted by atomic mass is 16.5. The van der Waals surface area contributed by atoms with Gasteiger partial charge in [-0.1, -0.05) is 0 Å². The van der Waals surface area contributed by atoms with Gasteiger partial charge in [-0.3, -0.25) is 20.1 Å². The molecule has 1 aliphatic heterocycles. The number of nitrogens with zero attached hydrogens (tertiary/aromatic N) is 4. The van der Waals surface area contributed by atoms with Gasteiger partial charge in [0, 0.05) is 30.3 Å². The molecular formula is C25H29N7O3. The number of ether oxygens (including phenoxy) is 1. The maximum Gasteiger partial charge on any atom is 0.324 e. The molecule has 3 aromatic rings. The summed E-state index contributed by atoms with van der Waals surface area (Å²) in [6.45, 7) is 5.83. The number of aromatic nitrogens is 3. The number of carbonyl (C=O) groups excluding carboxylic acids is 2. The molecule has 0 spiro atoms. The number of benzene rings is 1. The Morgan fingerprint density at radius 1 is 1.14 bits per heavy atom. The number of hydrogen-bond acceptors (Lipinski definition) is 7. The highest BCUT2D eigenvalue weighted by Crippen LogP contribution is 2.27. The molecule has 2 aromatic heterocycles. The van der Waals surface area contributed by atoms with E-state index in [1.807, 2.05) is 38.1 Å². The average molecular weight is 476 g/mol. The van der Waals surface area contributed by atoms with Crippen molar-refractivity contribution in [1.29, 1.82) is 0 Å². The Morgan fingerprint density at radius 3 is 2.74 bits per heavy atom. The van der Waals surface area contributed by atoms with Crippen molar-refractivity contribution in [2.45, 2.75) is 20.3 Å². The van der Waals surface area contributed by atoms with E-state index in [1.165, 1.54) is 6.20 Å². The summed E-state index contributed by atoms with van der Waals surface area (Å²) >= 11 is 0. The van der Waals surface area contributed by atoms with Crippen LogP contribution in [0.25, 0.3) is 11.3 Å². The van der Waals surface area contributed by atoms with Crippen LogP contribution in [0.4, 0.5) is 16.3 Å². The van der Waals surface area contributed by atoms with Crippen molar-refractivity contribution >= 4 is 23.4 Å². The maximum absolute atomic E-state index is 12.3. The molecule has 4 rings (SSSR count). The van der Waals surface area contributed by atoms with E-state index in [4.69, 9.17) is 10.5 Å². The van der Waals surface area contributed by atoms with E-state index >= 15 is 0 Å². The number of likely N-dealkylation sites (tertiary alicyclic amines) is 1. The number of urea groups is 1. The van der Waals surface area contributed by atoms with Gasteiger partial charge in [-0.05, 0) is 56.2 Å². The van der Waals surface area contributed by atoms with Crippen molar-refractivity contribution in [2.75, 3.05) is 36.9 Å². The summed E-state index contributed by atoms with van der Waals surface area (Å²) < 4.78 is 6.04. The number of pyridine rings is 1. The average Bonchev–Trinajstić information content (AvgIpc) is 3.33. The summed E-state index contributed by atoms with van der Waals surface area (Å²) in [7, 11) is 0. The molecule has 0 saturated carbocycles. The second-order valence-electron chi connectivity index (χ2n) is 8.55. The van der Waals surface area contributed by atoms with E-state index in [0.717, 1.165) is 35.5 Å². The van der Waals surface area contributed by atoms with Crippen LogP contribution in [0, 0.1) is 19.8 Å². The van der Waals surface area contributed by atoms with Gasteiger partial charge in [0.2, 0.25) is 5.91 Å². The first kappa shape index (κ1) is 24.1. The van der Waals surface area contributed by atoms with Crippen LogP contribution in [-0.4, -0.2) is 58.0 Å². The molecule has 1 unspecified atom stereocenters. The van der Waals surface area contributed by atoms with E-state index < -0.39 is 6.03 Å². The third-order valence-corrected chi connectivity index (χ3v) is 5.80. The Balaban J connectivity index is 1.35. The number of aryl methyl sites for hydroxylation is 2. The van der Waals surface area contributed by atoms with E-state index in [1.54, 1.807) is 23.4 Å². The predicted octanol–water partition coefficient (Wildman–Crippen LogP) is 2.99. The van der Waals surface area contributed by atoms with Gasteiger partial charge >= 0.3 is 6.03 Å². The quantitative estimate of drug-likeness (QED) is 0.478. The van der Waals surface area contributed by atoms with Crippen LogP contribution >= 0.6 is 0 Å². The Morgan fingerprint density at radius 2 is 2.00 bits per heavy atom. The number of hydrogen-bond donors (Lipinski definition) is 3. The lowest BCUT2D eigenvalue weighted by atomic mass is 10.1. The van der Waals surface area contributed by atoms with Crippen LogP contribution < -0.4 is 21.1 Å². The summed E-state index contributed by atoms with van der Waals surface area (Å²) in [6, 6.07) is 8.95. The number of rotatable bonds is 7. The molecule has 0 aliphatic carbocycles. The van der Waals surface area contributed by atoms with Gasteiger partial charge in [-0.2, -0.15) is 0 Å². The molecule has 1 aromatic carbocycles. The van der Waals surface area contributed by atoms with Crippen molar-refractivity contribution in [3.8, 4) is 17.0 Å². The van der Waals surface area contributed by atoms with Gasteiger partial charge in [0.05, 0.1) is 43.1 Å². The third kappa shape index (κ3) is 6.30. The van der Waals surface area contributed by atoms with E-state index in [9.17, 15) is 9.59 Å². The Labute approximate surface area is 203 Å². The highest BCUT2D eigenvalue weighted by Gasteiger charge is 2.26. The minimum Gasteiger partial charge on any atom is -0.493 e. The van der Waals surface area contributed by atoms with Crippen molar-refractivity contribution in [1.82, 2.24) is 19.9 Å². The summed E-state index contributed by atoms with van der Waals surface area (Å²) in [5.74, 6) is 1.39. The molecule has 0 radical (unpaired) electrons. The zero-order valence-corrected chi connectivity index (χ0v) is 19.8. The topological polar surface area (TPSA) is 135 Å². The lowest BCUT2D eigenvalue weighted by molar-refractivity contribution is -0.128. The first-order valence-corrected chi connectivity index (χ1v) is 11.5. The molecule has 35 heavy (non-hydrogen) atoms. The molecular weight excluding hydrogens is 446 g/mol. The van der Waals surface area contributed by atoms with Gasteiger partial charge in [0.15, 0.2) is 5.82 Å². The van der Waals surface area contributed by atoms with Crippen molar-refractivity contribution < 1.29 is 14.3 Å². The molecule has 3 heterocycles. The molecule has 182 valence electrons. The summed E-state index contributed by atoms with van der Waals surface area (Å²) in [6.07, 6.45) is 5.63. The number of amides is 3. The lowest BCUT2D eigenvalue weighted by Gasteiger charge is -2.16. The molecule has 4 N–H and O–H groups in total. The second-order valence-corrected chi connectivity index (χ2v) is 8.55. The highest BCUT2D eigenvalue weighted by molar-refractivity contribution is 5.99. The Kier molecular flexibility index (Phi) is 7.51. The van der Waals surface area contributed by atoms with Crippen molar-refractivity contribution in [2.24, 2.45) is 11.7 Å². The number of nitrogens with two attached hydrogens (primary N) is 1. The minimum atomic E-state index is -0.430.